The summed E-state index contributed by atoms with van der Waals surface area (Å²) in [5.41, 5.74) is 8.81. The number of benzene rings is 2. The molecule has 0 unspecified atom stereocenters. The minimum atomic E-state index is -0.524. The van der Waals surface area contributed by atoms with E-state index in [1.54, 1.807) is 29.7 Å². The Kier molecular flexibility index (Phi) is 3.29. The van der Waals surface area contributed by atoms with Crippen LogP contribution in [0.5, 0.6) is 0 Å². The third kappa shape index (κ3) is 2.09. The summed E-state index contributed by atoms with van der Waals surface area (Å²) in [7, 11) is 0. The Morgan fingerprint density at radius 3 is 2.23 bits per heavy atom. The highest BCUT2D eigenvalue weighted by Gasteiger charge is 2.22. The second-order valence-electron chi connectivity index (χ2n) is 5.35. The van der Waals surface area contributed by atoms with Gasteiger partial charge < -0.3 is 5.73 Å². The van der Waals surface area contributed by atoms with Gasteiger partial charge in [-0.3, -0.25) is 14.2 Å². The molecule has 0 aliphatic heterocycles. The number of fused-ring (bicyclic) bond motifs is 1. The fourth-order valence-corrected chi connectivity index (χ4v) is 2.77. The van der Waals surface area contributed by atoms with Crippen LogP contribution in [0.15, 0.2) is 48.5 Å². The van der Waals surface area contributed by atoms with Gasteiger partial charge in [-0.1, -0.05) is 35.9 Å². The zero-order chi connectivity index (χ0) is 15.9. The largest absolute Gasteiger partial charge is 0.366 e. The highest BCUT2D eigenvalue weighted by atomic mass is 16.2. The van der Waals surface area contributed by atoms with E-state index in [2.05, 4.69) is 0 Å². The molecule has 110 valence electrons. The standard InChI is InChI=1S/C18H16N2O2/c1-11-7-9-13(10-8-11)18(22)20-12(2)16(17(19)21)14-5-3-4-6-15(14)20/h3-10H,1-2H3,(H2,19,21). The third-order valence-corrected chi connectivity index (χ3v) is 3.86. The Hall–Kier alpha value is -2.88. The van der Waals surface area contributed by atoms with Gasteiger partial charge in [0.05, 0.1) is 11.1 Å². The fraction of sp³-hybridized carbons (Fsp3) is 0.111. The Morgan fingerprint density at radius 2 is 1.59 bits per heavy atom. The Morgan fingerprint density at radius 1 is 0.955 bits per heavy atom. The van der Waals surface area contributed by atoms with Crippen molar-refractivity contribution in [2.24, 2.45) is 5.73 Å². The van der Waals surface area contributed by atoms with Gasteiger partial charge in [-0.05, 0) is 32.0 Å². The highest BCUT2D eigenvalue weighted by molar-refractivity contribution is 6.12. The number of primary amides is 1. The van der Waals surface area contributed by atoms with E-state index in [1.165, 1.54) is 0 Å². The number of rotatable bonds is 2. The van der Waals surface area contributed by atoms with Gasteiger partial charge in [0.2, 0.25) is 0 Å². The van der Waals surface area contributed by atoms with Crippen LogP contribution < -0.4 is 5.73 Å². The lowest BCUT2D eigenvalue weighted by atomic mass is 10.1. The Bertz CT molecular complexity index is 889. The monoisotopic (exact) mass is 292 g/mol. The Labute approximate surface area is 128 Å². The molecule has 2 aromatic carbocycles. The number of para-hydroxylation sites is 1. The topological polar surface area (TPSA) is 65.1 Å². The molecule has 0 atom stereocenters. The summed E-state index contributed by atoms with van der Waals surface area (Å²) in [6.45, 7) is 3.71. The average Bonchev–Trinajstić information content (AvgIpc) is 2.79. The smallest absolute Gasteiger partial charge is 0.262 e. The molecule has 4 heteroatoms. The Balaban J connectivity index is 2.27. The third-order valence-electron chi connectivity index (χ3n) is 3.86. The van der Waals surface area contributed by atoms with Gasteiger partial charge in [0, 0.05) is 16.6 Å². The molecular formula is C18H16N2O2. The van der Waals surface area contributed by atoms with E-state index in [-0.39, 0.29) is 5.91 Å². The van der Waals surface area contributed by atoms with Gasteiger partial charge in [0.1, 0.15) is 0 Å². The number of nitrogens with zero attached hydrogens (tertiary/aromatic N) is 1. The van der Waals surface area contributed by atoms with Crippen LogP contribution in [0.2, 0.25) is 0 Å². The van der Waals surface area contributed by atoms with Crippen molar-refractivity contribution in [3.05, 3.63) is 70.9 Å². The maximum atomic E-state index is 12.8. The van der Waals surface area contributed by atoms with E-state index in [1.807, 2.05) is 37.3 Å². The molecule has 4 nitrogen and oxygen atoms in total. The molecule has 0 saturated carbocycles. The van der Waals surface area contributed by atoms with Gasteiger partial charge in [-0.15, -0.1) is 0 Å². The number of amides is 1. The first-order valence-corrected chi connectivity index (χ1v) is 7.02. The summed E-state index contributed by atoms with van der Waals surface area (Å²) in [5, 5.41) is 0.702. The SMILES string of the molecule is Cc1ccc(C(=O)n2c(C)c(C(N)=O)c3ccccc32)cc1. The van der Waals surface area contributed by atoms with Crippen molar-refractivity contribution < 1.29 is 9.59 Å². The predicted octanol–water partition coefficient (Wildman–Crippen LogP) is 3.05. The van der Waals surface area contributed by atoms with Crippen molar-refractivity contribution >= 4 is 22.7 Å². The van der Waals surface area contributed by atoms with Crippen molar-refractivity contribution in [1.82, 2.24) is 4.57 Å². The van der Waals surface area contributed by atoms with Crippen molar-refractivity contribution in [2.45, 2.75) is 13.8 Å². The molecule has 1 amide bonds. The predicted molar refractivity (Wildman–Crippen MR) is 86.1 cm³/mol. The molecule has 3 aromatic rings. The molecule has 0 fully saturated rings. The van der Waals surface area contributed by atoms with Crippen LogP contribution in [0.1, 0.15) is 32.0 Å². The number of aryl methyl sites for hydroxylation is 1. The maximum absolute atomic E-state index is 12.8. The minimum absolute atomic E-state index is 0.166. The molecule has 0 radical (unpaired) electrons. The average molecular weight is 292 g/mol. The van der Waals surface area contributed by atoms with Crippen LogP contribution in [0.3, 0.4) is 0 Å². The summed E-state index contributed by atoms with van der Waals surface area (Å²) in [4.78, 5) is 24.6. The summed E-state index contributed by atoms with van der Waals surface area (Å²) < 4.78 is 1.56. The first kappa shape index (κ1) is 14.1. The van der Waals surface area contributed by atoms with Crippen LogP contribution in [0.4, 0.5) is 0 Å². The van der Waals surface area contributed by atoms with Crippen molar-refractivity contribution in [3.8, 4) is 0 Å². The molecule has 0 saturated heterocycles. The number of carbonyl (C=O) groups is 2. The molecule has 1 heterocycles. The zero-order valence-electron chi connectivity index (χ0n) is 12.5. The fourth-order valence-electron chi connectivity index (χ4n) is 2.77. The molecule has 2 N–H and O–H groups in total. The van der Waals surface area contributed by atoms with Gasteiger partial charge in [-0.25, -0.2) is 0 Å². The van der Waals surface area contributed by atoms with Crippen molar-refractivity contribution in [3.63, 3.8) is 0 Å². The molecule has 0 spiro atoms. The lowest BCUT2D eigenvalue weighted by Crippen LogP contribution is -2.16. The number of hydrogen-bond donors (Lipinski definition) is 1. The minimum Gasteiger partial charge on any atom is -0.366 e. The molecule has 0 aliphatic rings. The van der Waals surface area contributed by atoms with E-state index in [0.717, 1.165) is 5.56 Å². The van der Waals surface area contributed by atoms with E-state index < -0.39 is 5.91 Å². The lowest BCUT2D eigenvalue weighted by molar-refractivity contribution is 0.0963. The normalized spacial score (nSPS) is 10.8. The summed E-state index contributed by atoms with van der Waals surface area (Å²) in [5.74, 6) is -0.689. The molecule has 0 aliphatic carbocycles. The molecule has 0 bridgehead atoms. The van der Waals surface area contributed by atoms with Crippen LogP contribution in [-0.4, -0.2) is 16.4 Å². The maximum Gasteiger partial charge on any atom is 0.262 e. The summed E-state index contributed by atoms with van der Waals surface area (Å²) in [6, 6.07) is 14.7. The summed E-state index contributed by atoms with van der Waals surface area (Å²) in [6.07, 6.45) is 0. The van der Waals surface area contributed by atoms with E-state index in [9.17, 15) is 9.59 Å². The van der Waals surface area contributed by atoms with Crippen molar-refractivity contribution in [1.29, 1.82) is 0 Å². The zero-order valence-corrected chi connectivity index (χ0v) is 12.5. The highest BCUT2D eigenvalue weighted by Crippen LogP contribution is 2.26. The number of aromatic nitrogens is 1. The molecule has 1 aromatic heterocycles. The van der Waals surface area contributed by atoms with E-state index >= 15 is 0 Å². The second kappa shape index (κ2) is 5.15. The summed E-state index contributed by atoms with van der Waals surface area (Å²) >= 11 is 0. The first-order valence-electron chi connectivity index (χ1n) is 7.02. The van der Waals surface area contributed by atoms with E-state index in [0.29, 0.717) is 27.7 Å². The van der Waals surface area contributed by atoms with Gasteiger partial charge >= 0.3 is 0 Å². The molecule has 3 rings (SSSR count). The van der Waals surface area contributed by atoms with Gasteiger partial charge in [0.15, 0.2) is 0 Å². The number of carbonyl (C=O) groups excluding carboxylic acids is 2. The number of nitrogens with two attached hydrogens (primary N) is 1. The van der Waals surface area contributed by atoms with Crippen molar-refractivity contribution in [2.75, 3.05) is 0 Å². The van der Waals surface area contributed by atoms with Crippen LogP contribution >= 0.6 is 0 Å². The second-order valence-corrected chi connectivity index (χ2v) is 5.35. The van der Waals surface area contributed by atoms with Gasteiger partial charge in [0.25, 0.3) is 11.8 Å². The van der Waals surface area contributed by atoms with E-state index in [4.69, 9.17) is 5.73 Å². The van der Waals surface area contributed by atoms with Crippen LogP contribution in [0, 0.1) is 13.8 Å². The van der Waals surface area contributed by atoms with Crippen LogP contribution in [-0.2, 0) is 0 Å². The van der Waals surface area contributed by atoms with Crippen LogP contribution in [0.25, 0.3) is 10.9 Å². The quantitative estimate of drug-likeness (QED) is 0.789. The lowest BCUT2D eigenvalue weighted by Gasteiger charge is -2.07. The molecular weight excluding hydrogens is 276 g/mol. The first-order chi connectivity index (χ1) is 10.5. The van der Waals surface area contributed by atoms with Gasteiger partial charge in [-0.2, -0.15) is 0 Å². The molecule has 22 heavy (non-hydrogen) atoms. The number of hydrogen-bond acceptors (Lipinski definition) is 2.